The molecule has 0 amide bonds. The van der Waals surface area contributed by atoms with Gasteiger partial charge >= 0.3 is 0 Å². The van der Waals surface area contributed by atoms with Crippen molar-refractivity contribution >= 4 is 23.9 Å². The maximum atomic E-state index is 5.50. The summed E-state index contributed by atoms with van der Waals surface area (Å²) in [6, 6.07) is 0. The topological polar surface area (TPSA) is 49.9 Å². The second kappa shape index (κ2) is 4.95. The molecule has 1 aliphatic rings. The van der Waals surface area contributed by atoms with Crippen LogP contribution >= 0.6 is 12.2 Å². The van der Waals surface area contributed by atoms with Crippen molar-refractivity contribution in [3.63, 3.8) is 0 Å². The van der Waals surface area contributed by atoms with E-state index in [0.29, 0.717) is 10.9 Å². The molecule has 0 aromatic rings. The van der Waals surface area contributed by atoms with E-state index in [9.17, 15) is 0 Å². The van der Waals surface area contributed by atoms with Crippen LogP contribution in [-0.4, -0.2) is 11.7 Å². The summed E-state index contributed by atoms with van der Waals surface area (Å²) in [5, 5.41) is 5.50. The Bertz CT molecular complexity index is 174. The third-order valence-corrected chi connectivity index (χ3v) is 1.08. The lowest BCUT2D eigenvalue weighted by Gasteiger charge is -1.73. The standard InChI is InChI=1S/C6H7NS.CH3N/c7-6(8)4-3-5-1-2-5;1-2/h5H,1-2H2,(H2,7,8);2H,1H2. The Hall–Kier alpha value is -0.880. The number of hydrogen-bond acceptors (Lipinski definition) is 2. The molecule has 1 aliphatic carbocycles. The Morgan fingerprint density at radius 2 is 2.10 bits per heavy atom. The Morgan fingerprint density at radius 3 is 2.40 bits per heavy atom. The van der Waals surface area contributed by atoms with E-state index in [4.69, 9.17) is 11.1 Å². The number of rotatable bonds is 0. The Morgan fingerprint density at radius 1 is 1.60 bits per heavy atom. The normalized spacial score (nSPS) is 13.6. The average molecular weight is 154 g/mol. The predicted octanol–water partition coefficient (Wildman–Crippen LogP) is 0.952. The minimum Gasteiger partial charge on any atom is -0.383 e. The van der Waals surface area contributed by atoms with Gasteiger partial charge in [0.2, 0.25) is 0 Å². The molecule has 0 unspecified atom stereocenters. The van der Waals surface area contributed by atoms with Gasteiger partial charge in [0.15, 0.2) is 0 Å². The second-order valence-electron chi connectivity index (χ2n) is 1.91. The minimum absolute atomic E-state index is 0.317. The lowest BCUT2D eigenvalue weighted by molar-refractivity contribution is 1.18. The van der Waals surface area contributed by atoms with Gasteiger partial charge in [-0.15, -0.1) is 0 Å². The summed E-state index contributed by atoms with van der Waals surface area (Å²) < 4.78 is 0. The zero-order valence-corrected chi connectivity index (χ0v) is 6.50. The lowest BCUT2D eigenvalue weighted by atomic mass is 10.4. The van der Waals surface area contributed by atoms with Gasteiger partial charge in [0.25, 0.3) is 0 Å². The van der Waals surface area contributed by atoms with Crippen LogP contribution in [0, 0.1) is 23.2 Å². The molecular weight excluding hydrogens is 144 g/mol. The molecule has 0 bridgehead atoms. The van der Waals surface area contributed by atoms with Crippen LogP contribution < -0.4 is 5.73 Å². The van der Waals surface area contributed by atoms with E-state index in [0.717, 1.165) is 0 Å². The van der Waals surface area contributed by atoms with Gasteiger partial charge in [-0.05, 0) is 25.5 Å². The highest BCUT2D eigenvalue weighted by Gasteiger charge is 2.17. The fourth-order valence-corrected chi connectivity index (χ4v) is 0.460. The number of thiocarbonyl (C=S) groups is 1. The van der Waals surface area contributed by atoms with E-state index >= 15 is 0 Å². The molecule has 1 rings (SSSR count). The van der Waals surface area contributed by atoms with Gasteiger partial charge < -0.3 is 11.1 Å². The summed E-state index contributed by atoms with van der Waals surface area (Å²) in [5.74, 6) is 6.21. The molecule has 1 fully saturated rings. The largest absolute Gasteiger partial charge is 0.383 e. The molecule has 0 saturated heterocycles. The molecule has 0 aromatic carbocycles. The van der Waals surface area contributed by atoms with Crippen LogP contribution in [0.5, 0.6) is 0 Å². The van der Waals surface area contributed by atoms with Crippen LogP contribution in [-0.2, 0) is 0 Å². The molecule has 0 atom stereocenters. The third kappa shape index (κ3) is 5.26. The molecule has 0 radical (unpaired) electrons. The Labute approximate surface area is 66.3 Å². The maximum absolute atomic E-state index is 5.50. The van der Waals surface area contributed by atoms with Gasteiger partial charge in [0.1, 0.15) is 4.99 Å². The molecule has 3 heteroatoms. The summed E-state index contributed by atoms with van der Waals surface area (Å²) >= 11 is 4.55. The van der Waals surface area contributed by atoms with Crippen LogP contribution in [0.15, 0.2) is 0 Å². The first-order chi connectivity index (χ1) is 4.79. The molecule has 0 heterocycles. The van der Waals surface area contributed by atoms with Gasteiger partial charge in [-0.25, -0.2) is 0 Å². The van der Waals surface area contributed by atoms with Crippen molar-refractivity contribution in [3.8, 4) is 11.8 Å². The SMILES string of the molecule is C=N.NC(=S)C#CC1CC1. The van der Waals surface area contributed by atoms with Crippen LogP contribution in [0.1, 0.15) is 12.8 Å². The second-order valence-corrected chi connectivity index (χ2v) is 2.35. The first-order valence-corrected chi connectivity index (χ1v) is 3.36. The highest BCUT2D eigenvalue weighted by Crippen LogP contribution is 2.27. The van der Waals surface area contributed by atoms with Crippen molar-refractivity contribution in [3.05, 3.63) is 0 Å². The quantitative estimate of drug-likeness (QED) is 0.310. The average Bonchev–Trinajstić information content (AvgIpc) is 2.70. The van der Waals surface area contributed by atoms with Crippen LogP contribution in [0.3, 0.4) is 0 Å². The fraction of sp³-hybridized carbons (Fsp3) is 0.429. The fourth-order valence-electron chi connectivity index (χ4n) is 0.401. The first-order valence-electron chi connectivity index (χ1n) is 2.95. The van der Waals surface area contributed by atoms with Crippen molar-refractivity contribution < 1.29 is 0 Å². The smallest absolute Gasteiger partial charge is 0.148 e. The zero-order chi connectivity index (χ0) is 7.98. The van der Waals surface area contributed by atoms with Crippen molar-refractivity contribution in [1.29, 1.82) is 5.41 Å². The summed E-state index contributed by atoms with van der Waals surface area (Å²) in [6.07, 6.45) is 2.46. The third-order valence-electron chi connectivity index (χ3n) is 0.977. The summed E-state index contributed by atoms with van der Waals surface area (Å²) in [6.45, 7) is 2.50. The van der Waals surface area contributed by atoms with E-state index in [-0.39, 0.29) is 0 Å². The molecule has 10 heavy (non-hydrogen) atoms. The van der Waals surface area contributed by atoms with Crippen LogP contribution in [0.2, 0.25) is 0 Å². The van der Waals surface area contributed by atoms with Crippen molar-refractivity contribution in [1.82, 2.24) is 0 Å². The van der Waals surface area contributed by atoms with Crippen LogP contribution in [0.4, 0.5) is 0 Å². The molecule has 0 aromatic heterocycles. The highest BCUT2D eigenvalue weighted by molar-refractivity contribution is 7.80. The van der Waals surface area contributed by atoms with Gasteiger partial charge in [0, 0.05) is 5.92 Å². The molecule has 2 nitrogen and oxygen atoms in total. The van der Waals surface area contributed by atoms with Gasteiger partial charge in [0.05, 0.1) is 0 Å². The maximum Gasteiger partial charge on any atom is 0.148 e. The molecule has 1 saturated carbocycles. The van der Waals surface area contributed by atoms with Gasteiger partial charge in [-0.2, -0.15) is 0 Å². The molecule has 54 valence electrons. The van der Waals surface area contributed by atoms with Crippen molar-refractivity contribution in [2.45, 2.75) is 12.8 Å². The van der Waals surface area contributed by atoms with Gasteiger partial charge in [-0.3, -0.25) is 0 Å². The number of nitrogens with one attached hydrogen (secondary N) is 1. The van der Waals surface area contributed by atoms with E-state index in [1.807, 2.05) is 0 Å². The number of hydrogen-bond donors (Lipinski definition) is 2. The van der Waals surface area contributed by atoms with Gasteiger partial charge in [-0.1, -0.05) is 18.1 Å². The van der Waals surface area contributed by atoms with E-state index in [1.165, 1.54) is 12.8 Å². The summed E-state index contributed by atoms with van der Waals surface area (Å²) in [4.78, 5) is 0.317. The first kappa shape index (κ1) is 9.12. The molecular formula is C7H10N2S. The Kier molecular flexibility index (Phi) is 4.51. The molecule has 3 N–H and O–H groups in total. The lowest BCUT2D eigenvalue weighted by Crippen LogP contribution is -2.02. The van der Waals surface area contributed by atoms with Crippen molar-refractivity contribution in [2.75, 3.05) is 0 Å². The number of nitrogens with two attached hydrogens (primary N) is 1. The summed E-state index contributed by atoms with van der Waals surface area (Å²) in [7, 11) is 0. The zero-order valence-electron chi connectivity index (χ0n) is 5.68. The monoisotopic (exact) mass is 154 g/mol. The minimum atomic E-state index is 0.317. The molecule has 0 spiro atoms. The van der Waals surface area contributed by atoms with E-state index < -0.39 is 0 Å². The van der Waals surface area contributed by atoms with Crippen LogP contribution in [0.25, 0.3) is 0 Å². The van der Waals surface area contributed by atoms with E-state index in [2.05, 4.69) is 30.8 Å². The van der Waals surface area contributed by atoms with Crippen molar-refractivity contribution in [2.24, 2.45) is 11.7 Å². The summed E-state index contributed by atoms with van der Waals surface area (Å²) in [5.41, 5.74) is 5.13. The predicted molar refractivity (Wildman–Crippen MR) is 47.1 cm³/mol. The Balaban J connectivity index is 0.000000371. The molecule has 0 aliphatic heterocycles. The highest BCUT2D eigenvalue weighted by atomic mass is 32.1. The van der Waals surface area contributed by atoms with E-state index in [1.54, 1.807) is 0 Å².